The number of halogens is 1. The summed E-state index contributed by atoms with van der Waals surface area (Å²) in [5.41, 5.74) is 0.499. The smallest absolute Gasteiger partial charge is 0.410 e. The monoisotopic (exact) mass is 497 g/mol. The summed E-state index contributed by atoms with van der Waals surface area (Å²) in [4.78, 5) is 22.4. The van der Waals surface area contributed by atoms with Gasteiger partial charge in [-0.05, 0) is 32.2 Å². The van der Waals surface area contributed by atoms with Gasteiger partial charge in [-0.15, -0.1) is 24.0 Å². The highest BCUT2D eigenvalue weighted by Gasteiger charge is 2.34. The van der Waals surface area contributed by atoms with E-state index in [9.17, 15) is 4.79 Å². The Morgan fingerprint density at radius 2 is 2.00 bits per heavy atom. The molecule has 8 heteroatoms. The molecule has 2 aromatic rings. The van der Waals surface area contributed by atoms with Gasteiger partial charge in [-0.3, -0.25) is 9.98 Å². The van der Waals surface area contributed by atoms with Crippen molar-refractivity contribution in [2.24, 2.45) is 4.99 Å². The molecule has 0 radical (unpaired) electrons. The van der Waals surface area contributed by atoms with Gasteiger partial charge in [0.15, 0.2) is 5.96 Å². The predicted octanol–water partition coefficient (Wildman–Crippen LogP) is 3.14. The summed E-state index contributed by atoms with van der Waals surface area (Å²) in [6.07, 6.45) is 1.55. The first-order valence-electron chi connectivity index (χ1n) is 9.13. The number of pyridine rings is 1. The summed E-state index contributed by atoms with van der Waals surface area (Å²) in [6, 6.07) is 10.3. The zero-order valence-electron chi connectivity index (χ0n) is 16.7. The van der Waals surface area contributed by atoms with Crippen molar-refractivity contribution in [1.29, 1.82) is 0 Å². The summed E-state index contributed by atoms with van der Waals surface area (Å²) >= 11 is 0. The molecule has 1 aromatic carbocycles. The van der Waals surface area contributed by atoms with Gasteiger partial charge in [-0.2, -0.15) is 0 Å². The molecule has 152 valence electrons. The number of carbonyl (C=O) groups excluding carboxylic acids is 1. The van der Waals surface area contributed by atoms with Gasteiger partial charge in [0.25, 0.3) is 0 Å². The van der Waals surface area contributed by atoms with Crippen LogP contribution in [-0.2, 0) is 11.3 Å². The number of fused-ring (bicyclic) bond motifs is 1. The second kappa shape index (κ2) is 9.40. The van der Waals surface area contributed by atoms with E-state index in [1.807, 2.05) is 45.2 Å². The number of nitrogens with one attached hydrogen (secondary N) is 2. The summed E-state index contributed by atoms with van der Waals surface area (Å²) in [6.45, 7) is 7.38. The van der Waals surface area contributed by atoms with E-state index in [0.717, 1.165) is 11.1 Å². The molecule has 1 saturated heterocycles. The molecule has 2 heterocycles. The lowest BCUT2D eigenvalue weighted by molar-refractivity contribution is 0.00701. The minimum atomic E-state index is -0.474. The van der Waals surface area contributed by atoms with Crippen molar-refractivity contribution in [1.82, 2.24) is 20.5 Å². The molecule has 1 aromatic heterocycles. The third-order valence-corrected chi connectivity index (χ3v) is 4.28. The molecule has 0 spiro atoms. The van der Waals surface area contributed by atoms with Crippen LogP contribution >= 0.6 is 24.0 Å². The van der Waals surface area contributed by atoms with Gasteiger partial charge in [-0.25, -0.2) is 4.79 Å². The molecule has 3 rings (SSSR count). The van der Waals surface area contributed by atoms with Gasteiger partial charge in [-0.1, -0.05) is 24.3 Å². The molecule has 1 fully saturated rings. The van der Waals surface area contributed by atoms with Crippen LogP contribution in [0.25, 0.3) is 10.8 Å². The molecule has 0 bridgehead atoms. The summed E-state index contributed by atoms with van der Waals surface area (Å²) in [5, 5.41) is 8.93. The minimum Gasteiger partial charge on any atom is -0.444 e. The van der Waals surface area contributed by atoms with Crippen molar-refractivity contribution in [2.45, 2.75) is 39.0 Å². The van der Waals surface area contributed by atoms with E-state index in [4.69, 9.17) is 4.74 Å². The van der Waals surface area contributed by atoms with Crippen molar-refractivity contribution in [3.05, 3.63) is 42.2 Å². The highest BCUT2D eigenvalue weighted by molar-refractivity contribution is 14.0. The Morgan fingerprint density at radius 1 is 1.29 bits per heavy atom. The minimum absolute atomic E-state index is 0. The predicted molar refractivity (Wildman–Crippen MR) is 122 cm³/mol. The Bertz CT molecular complexity index is 839. The Kier molecular flexibility index (Phi) is 7.45. The van der Waals surface area contributed by atoms with Crippen molar-refractivity contribution in [3.8, 4) is 0 Å². The van der Waals surface area contributed by atoms with Crippen LogP contribution in [-0.4, -0.2) is 53.7 Å². The summed E-state index contributed by atoms with van der Waals surface area (Å²) in [5.74, 6) is 0.693. The van der Waals surface area contributed by atoms with E-state index in [-0.39, 0.29) is 36.1 Å². The average molecular weight is 497 g/mol. The third-order valence-electron chi connectivity index (χ3n) is 4.28. The number of hydrogen-bond acceptors (Lipinski definition) is 4. The number of guanidine groups is 1. The molecule has 2 N–H and O–H groups in total. The fraction of sp³-hybridized carbons (Fsp3) is 0.450. The van der Waals surface area contributed by atoms with Gasteiger partial charge >= 0.3 is 6.09 Å². The number of hydrogen-bond donors (Lipinski definition) is 2. The van der Waals surface area contributed by atoms with Crippen LogP contribution in [0.3, 0.4) is 0 Å². The highest BCUT2D eigenvalue weighted by Crippen LogP contribution is 2.17. The van der Waals surface area contributed by atoms with Crippen molar-refractivity contribution >= 4 is 46.8 Å². The largest absolute Gasteiger partial charge is 0.444 e. The van der Waals surface area contributed by atoms with Gasteiger partial charge in [0.05, 0.1) is 18.3 Å². The zero-order valence-corrected chi connectivity index (χ0v) is 19.1. The van der Waals surface area contributed by atoms with Crippen molar-refractivity contribution in [3.63, 3.8) is 0 Å². The van der Waals surface area contributed by atoms with Crippen LogP contribution < -0.4 is 10.6 Å². The SMILES string of the molecule is CN=C(NCc1nccc2ccccc12)NC1CN(C(=O)OC(C)(C)C)C1.I. The molecule has 7 nitrogen and oxygen atoms in total. The maximum atomic E-state index is 12.0. The molecule has 0 aliphatic carbocycles. The van der Waals surface area contributed by atoms with E-state index in [2.05, 4.69) is 32.7 Å². The van der Waals surface area contributed by atoms with Crippen LogP contribution in [0.5, 0.6) is 0 Å². The Hall–Kier alpha value is -2.10. The second-order valence-electron chi connectivity index (χ2n) is 7.63. The highest BCUT2D eigenvalue weighted by atomic mass is 127. The molecular formula is C20H28IN5O2. The fourth-order valence-corrected chi connectivity index (χ4v) is 2.92. The lowest BCUT2D eigenvalue weighted by Crippen LogP contribution is -2.63. The summed E-state index contributed by atoms with van der Waals surface area (Å²) < 4.78 is 5.37. The zero-order chi connectivity index (χ0) is 19.4. The first-order chi connectivity index (χ1) is 12.9. The number of amides is 1. The van der Waals surface area contributed by atoms with Crippen molar-refractivity contribution < 1.29 is 9.53 Å². The van der Waals surface area contributed by atoms with Gasteiger partial charge in [0.2, 0.25) is 0 Å². The maximum absolute atomic E-state index is 12.0. The quantitative estimate of drug-likeness (QED) is 0.387. The standard InChI is InChI=1S/C20H27N5O2.HI/c1-20(2,3)27-19(26)25-12-15(13-25)24-18(21-4)23-11-17-16-8-6-5-7-14(16)9-10-22-17;/h5-10,15H,11-13H2,1-4H3,(H2,21,23,24);1H. The Morgan fingerprint density at radius 3 is 2.68 bits per heavy atom. The fourth-order valence-electron chi connectivity index (χ4n) is 2.92. The van der Waals surface area contributed by atoms with E-state index >= 15 is 0 Å². The van der Waals surface area contributed by atoms with Crippen LogP contribution in [0, 0.1) is 0 Å². The number of aromatic nitrogens is 1. The number of nitrogens with zero attached hydrogens (tertiary/aromatic N) is 3. The molecular weight excluding hydrogens is 469 g/mol. The van der Waals surface area contributed by atoms with E-state index in [0.29, 0.717) is 25.6 Å². The summed E-state index contributed by atoms with van der Waals surface area (Å²) in [7, 11) is 1.73. The van der Waals surface area contributed by atoms with Gasteiger partial charge < -0.3 is 20.3 Å². The number of benzene rings is 1. The number of likely N-dealkylation sites (tertiary alicyclic amines) is 1. The molecule has 1 aliphatic heterocycles. The Labute approximate surface area is 183 Å². The molecule has 0 unspecified atom stereocenters. The maximum Gasteiger partial charge on any atom is 0.410 e. The molecule has 28 heavy (non-hydrogen) atoms. The molecule has 1 aliphatic rings. The lowest BCUT2D eigenvalue weighted by Gasteiger charge is -2.40. The molecule has 0 atom stereocenters. The number of carbonyl (C=O) groups is 1. The van der Waals surface area contributed by atoms with Gasteiger partial charge in [0.1, 0.15) is 5.60 Å². The molecule has 0 saturated carbocycles. The van der Waals surface area contributed by atoms with Gasteiger partial charge in [0, 0.05) is 31.7 Å². The average Bonchev–Trinajstić information content (AvgIpc) is 2.58. The number of rotatable bonds is 3. The normalized spacial score (nSPS) is 14.9. The van der Waals surface area contributed by atoms with E-state index in [1.54, 1.807) is 11.9 Å². The number of aliphatic imine (C=N–C) groups is 1. The van der Waals surface area contributed by atoms with E-state index in [1.165, 1.54) is 5.39 Å². The number of ether oxygens (including phenoxy) is 1. The van der Waals surface area contributed by atoms with Crippen molar-refractivity contribution in [2.75, 3.05) is 20.1 Å². The van der Waals surface area contributed by atoms with Crippen LogP contribution in [0.1, 0.15) is 26.5 Å². The van der Waals surface area contributed by atoms with E-state index < -0.39 is 5.60 Å². The first kappa shape index (κ1) is 22.2. The second-order valence-corrected chi connectivity index (χ2v) is 7.63. The van der Waals surface area contributed by atoms with Crippen LogP contribution in [0.15, 0.2) is 41.5 Å². The Balaban J connectivity index is 0.00000280. The topological polar surface area (TPSA) is 78.9 Å². The first-order valence-corrected chi connectivity index (χ1v) is 9.13. The third kappa shape index (κ3) is 5.70. The lowest BCUT2D eigenvalue weighted by atomic mass is 10.1. The molecule has 1 amide bonds. The van der Waals surface area contributed by atoms with Crippen LogP contribution in [0.2, 0.25) is 0 Å². The van der Waals surface area contributed by atoms with Crippen LogP contribution in [0.4, 0.5) is 4.79 Å².